The van der Waals surface area contributed by atoms with E-state index in [1.54, 1.807) is 7.05 Å². The second kappa shape index (κ2) is 6.36. The van der Waals surface area contributed by atoms with Crippen LogP contribution in [0.3, 0.4) is 0 Å². The van der Waals surface area contributed by atoms with Gasteiger partial charge in [-0.1, -0.05) is 20.3 Å². The Kier molecular flexibility index (Phi) is 5.40. The van der Waals surface area contributed by atoms with E-state index in [0.717, 1.165) is 19.6 Å². The molecule has 0 aromatic rings. The van der Waals surface area contributed by atoms with E-state index in [1.807, 2.05) is 0 Å². The van der Waals surface area contributed by atoms with Crippen molar-refractivity contribution in [3.8, 4) is 0 Å². The highest BCUT2D eigenvalue weighted by Gasteiger charge is 2.28. The molecule has 0 aromatic carbocycles. The molecule has 17 heavy (non-hydrogen) atoms. The third-order valence-electron chi connectivity index (χ3n) is 4.30. The van der Waals surface area contributed by atoms with Gasteiger partial charge in [-0.05, 0) is 44.8 Å². The van der Waals surface area contributed by atoms with Crippen LogP contribution in [0.2, 0.25) is 0 Å². The van der Waals surface area contributed by atoms with Crippen LogP contribution < -0.4 is 5.32 Å². The van der Waals surface area contributed by atoms with Crippen molar-refractivity contribution in [2.45, 2.75) is 45.6 Å². The Labute approximate surface area is 104 Å². The van der Waals surface area contributed by atoms with Crippen molar-refractivity contribution in [3.63, 3.8) is 0 Å². The molecule has 0 aliphatic carbocycles. The molecule has 1 heterocycles. The van der Waals surface area contributed by atoms with Crippen molar-refractivity contribution in [1.29, 1.82) is 0 Å². The summed E-state index contributed by atoms with van der Waals surface area (Å²) in [5, 5.41) is 11.8. The largest absolute Gasteiger partial charge is 0.480 e. The first-order valence-electron chi connectivity index (χ1n) is 6.63. The molecule has 4 heteroatoms. The van der Waals surface area contributed by atoms with Crippen molar-refractivity contribution >= 4 is 5.97 Å². The Morgan fingerprint density at radius 3 is 2.47 bits per heavy atom. The van der Waals surface area contributed by atoms with E-state index in [-0.39, 0.29) is 0 Å². The maximum absolute atomic E-state index is 10.9. The number of aliphatic carboxylic acids is 1. The van der Waals surface area contributed by atoms with Crippen LogP contribution in [0, 0.1) is 5.41 Å². The first-order valence-corrected chi connectivity index (χ1v) is 6.63. The average molecular weight is 242 g/mol. The number of hydrogen-bond acceptors (Lipinski definition) is 3. The zero-order valence-corrected chi connectivity index (χ0v) is 11.3. The Morgan fingerprint density at radius 2 is 2.06 bits per heavy atom. The fourth-order valence-corrected chi connectivity index (χ4v) is 2.37. The predicted octanol–water partition coefficient (Wildman–Crippen LogP) is 1.56. The van der Waals surface area contributed by atoms with Crippen LogP contribution in [0.5, 0.6) is 0 Å². The van der Waals surface area contributed by atoms with Gasteiger partial charge in [0.25, 0.3) is 0 Å². The average Bonchev–Trinajstić information content (AvgIpc) is 2.32. The molecule has 1 aliphatic rings. The maximum Gasteiger partial charge on any atom is 0.320 e. The molecule has 1 unspecified atom stereocenters. The number of carbonyl (C=O) groups is 1. The highest BCUT2D eigenvalue weighted by molar-refractivity contribution is 5.73. The number of nitrogens with zero attached hydrogens (tertiary/aromatic N) is 1. The highest BCUT2D eigenvalue weighted by atomic mass is 16.4. The zero-order valence-electron chi connectivity index (χ0n) is 11.3. The molecule has 0 radical (unpaired) electrons. The van der Waals surface area contributed by atoms with Crippen molar-refractivity contribution in [2.75, 3.05) is 26.7 Å². The summed E-state index contributed by atoms with van der Waals surface area (Å²) in [5.74, 6) is -0.747. The molecule has 0 amide bonds. The van der Waals surface area contributed by atoms with E-state index in [1.165, 1.54) is 19.3 Å². The van der Waals surface area contributed by atoms with Crippen LogP contribution in [0.25, 0.3) is 0 Å². The number of likely N-dealkylation sites (tertiary alicyclic amines) is 1. The molecule has 0 saturated carbocycles. The Balaban J connectivity index is 2.29. The van der Waals surface area contributed by atoms with Gasteiger partial charge in [0.2, 0.25) is 0 Å². The van der Waals surface area contributed by atoms with E-state index in [9.17, 15) is 4.79 Å². The topological polar surface area (TPSA) is 52.6 Å². The second-order valence-electron chi connectivity index (χ2n) is 5.47. The van der Waals surface area contributed by atoms with Gasteiger partial charge in [-0.3, -0.25) is 4.79 Å². The lowest BCUT2D eigenvalue weighted by Gasteiger charge is -2.39. The Bertz CT molecular complexity index is 248. The molecule has 4 nitrogen and oxygen atoms in total. The molecule has 0 spiro atoms. The van der Waals surface area contributed by atoms with Crippen molar-refractivity contribution < 1.29 is 9.90 Å². The number of carboxylic acids is 1. The summed E-state index contributed by atoms with van der Waals surface area (Å²) in [4.78, 5) is 13.3. The minimum Gasteiger partial charge on any atom is -0.480 e. The van der Waals surface area contributed by atoms with Gasteiger partial charge in [0.15, 0.2) is 0 Å². The molecule has 0 bridgehead atoms. The van der Waals surface area contributed by atoms with Gasteiger partial charge >= 0.3 is 5.97 Å². The quantitative estimate of drug-likeness (QED) is 0.742. The van der Waals surface area contributed by atoms with Crippen molar-refractivity contribution in [3.05, 3.63) is 0 Å². The molecule has 1 atom stereocenters. The number of carboxylic acid groups (broad SMARTS) is 1. The van der Waals surface area contributed by atoms with Crippen LogP contribution in [0.15, 0.2) is 0 Å². The number of likely N-dealkylation sites (N-methyl/N-ethyl adjacent to an activating group) is 1. The molecule has 0 aromatic heterocycles. The number of nitrogens with one attached hydrogen (secondary N) is 1. The summed E-state index contributed by atoms with van der Waals surface area (Å²) in [5.41, 5.74) is 0.506. The normalized spacial score (nSPS) is 22.3. The van der Waals surface area contributed by atoms with Crippen LogP contribution in [0.4, 0.5) is 0 Å². The molecule has 1 fully saturated rings. The van der Waals surface area contributed by atoms with Crippen molar-refractivity contribution in [2.24, 2.45) is 5.41 Å². The van der Waals surface area contributed by atoms with Gasteiger partial charge in [-0.15, -0.1) is 0 Å². The van der Waals surface area contributed by atoms with E-state index >= 15 is 0 Å². The summed E-state index contributed by atoms with van der Waals surface area (Å²) < 4.78 is 0. The predicted molar refractivity (Wildman–Crippen MR) is 69.2 cm³/mol. The van der Waals surface area contributed by atoms with Gasteiger partial charge in [-0.25, -0.2) is 0 Å². The fourth-order valence-electron chi connectivity index (χ4n) is 2.37. The smallest absolute Gasteiger partial charge is 0.320 e. The summed E-state index contributed by atoms with van der Waals surface area (Å²) in [6, 6.07) is -0.408. The van der Waals surface area contributed by atoms with Gasteiger partial charge in [0.05, 0.1) is 0 Å². The maximum atomic E-state index is 10.9. The first-order chi connectivity index (χ1) is 8.00. The van der Waals surface area contributed by atoms with E-state index < -0.39 is 12.0 Å². The Hall–Kier alpha value is -0.610. The molecule has 2 N–H and O–H groups in total. The third kappa shape index (κ3) is 4.28. The lowest BCUT2D eigenvalue weighted by atomic mass is 9.78. The Morgan fingerprint density at radius 1 is 1.47 bits per heavy atom. The zero-order chi connectivity index (χ0) is 12.9. The number of hydrogen-bond donors (Lipinski definition) is 2. The fraction of sp³-hybridized carbons (Fsp3) is 0.923. The second-order valence-corrected chi connectivity index (χ2v) is 5.47. The lowest BCUT2D eigenvalue weighted by molar-refractivity contribution is -0.139. The highest BCUT2D eigenvalue weighted by Crippen LogP contribution is 2.33. The number of rotatable bonds is 6. The van der Waals surface area contributed by atoms with Crippen molar-refractivity contribution in [1.82, 2.24) is 10.2 Å². The third-order valence-corrected chi connectivity index (χ3v) is 4.30. The number of piperidine rings is 1. The van der Waals surface area contributed by atoms with E-state index in [2.05, 4.69) is 24.1 Å². The van der Waals surface area contributed by atoms with Crippen LogP contribution in [-0.2, 0) is 4.79 Å². The summed E-state index contributed by atoms with van der Waals surface area (Å²) in [7, 11) is 1.71. The van der Waals surface area contributed by atoms with E-state index in [0.29, 0.717) is 11.8 Å². The summed E-state index contributed by atoms with van der Waals surface area (Å²) >= 11 is 0. The van der Waals surface area contributed by atoms with Crippen LogP contribution in [0.1, 0.15) is 39.5 Å². The summed E-state index contributed by atoms with van der Waals surface area (Å²) in [6.07, 6.45) is 4.41. The first kappa shape index (κ1) is 14.5. The lowest BCUT2D eigenvalue weighted by Crippen LogP contribution is -2.42. The minimum absolute atomic E-state index is 0.408. The molecular formula is C13H26N2O2. The molecule has 1 saturated heterocycles. The van der Waals surface area contributed by atoms with Crippen LogP contribution >= 0.6 is 0 Å². The van der Waals surface area contributed by atoms with Gasteiger partial charge in [0, 0.05) is 6.54 Å². The van der Waals surface area contributed by atoms with Gasteiger partial charge < -0.3 is 15.3 Å². The monoisotopic (exact) mass is 242 g/mol. The molecule has 1 rings (SSSR count). The SMILES string of the molecule is CCC1(C)CCN(CCC(NC)C(=O)O)CC1. The van der Waals surface area contributed by atoms with Gasteiger partial charge in [-0.2, -0.15) is 0 Å². The molecule has 100 valence electrons. The minimum atomic E-state index is -0.747. The van der Waals surface area contributed by atoms with Gasteiger partial charge in [0.1, 0.15) is 6.04 Å². The van der Waals surface area contributed by atoms with E-state index in [4.69, 9.17) is 5.11 Å². The summed E-state index contributed by atoms with van der Waals surface area (Å²) in [6.45, 7) is 7.73. The molecule has 1 aliphatic heterocycles. The molecular weight excluding hydrogens is 216 g/mol. The standard InChI is InChI=1S/C13H26N2O2/c1-4-13(2)6-9-15(10-7-13)8-5-11(14-3)12(16)17/h11,14H,4-10H2,1-3H3,(H,16,17). The van der Waals surface area contributed by atoms with Crippen LogP contribution in [-0.4, -0.2) is 48.7 Å².